The zero-order valence-corrected chi connectivity index (χ0v) is 13.6. The lowest BCUT2D eigenvalue weighted by Crippen LogP contribution is -2.54. The molecular weight excluding hydrogens is 295 g/mol. The lowest BCUT2D eigenvalue weighted by atomic mass is 9.99. The lowest BCUT2D eigenvalue weighted by Gasteiger charge is -2.42. The summed E-state index contributed by atoms with van der Waals surface area (Å²) >= 11 is 0. The van der Waals surface area contributed by atoms with Crippen LogP contribution in [-0.4, -0.2) is 40.5 Å². The number of fused-ring (bicyclic) bond motifs is 1. The van der Waals surface area contributed by atoms with Crippen molar-refractivity contribution in [3.8, 4) is 11.3 Å². The van der Waals surface area contributed by atoms with Gasteiger partial charge >= 0.3 is 0 Å². The Morgan fingerprint density at radius 3 is 2.65 bits per heavy atom. The van der Waals surface area contributed by atoms with E-state index in [0.29, 0.717) is 6.54 Å². The lowest BCUT2D eigenvalue weighted by molar-refractivity contribution is -0.140. The van der Waals surface area contributed by atoms with Crippen molar-refractivity contribution in [2.75, 3.05) is 20.1 Å². The molecule has 2 heterocycles. The average molecular weight is 316 g/mol. The fourth-order valence-corrected chi connectivity index (χ4v) is 3.08. The van der Waals surface area contributed by atoms with E-state index in [4.69, 9.17) is 4.98 Å². The van der Waals surface area contributed by atoms with Gasteiger partial charge < -0.3 is 14.8 Å². The molecular formula is C17H21FN4O. The summed E-state index contributed by atoms with van der Waals surface area (Å²) in [4.78, 5) is 19.1. The Hall–Kier alpha value is -2.21. The summed E-state index contributed by atoms with van der Waals surface area (Å²) in [6.07, 6.45) is 1.87. The molecule has 0 bridgehead atoms. The molecule has 0 saturated heterocycles. The fourth-order valence-electron chi connectivity index (χ4n) is 3.08. The smallest absolute Gasteiger partial charge is 0.243 e. The number of hydrogen-bond donors (Lipinski definition) is 1. The Morgan fingerprint density at radius 1 is 1.30 bits per heavy atom. The summed E-state index contributed by atoms with van der Waals surface area (Å²) in [6, 6.07) is 6.25. The highest BCUT2D eigenvalue weighted by Gasteiger charge is 2.40. The van der Waals surface area contributed by atoms with Crippen LogP contribution in [0, 0.1) is 5.82 Å². The van der Waals surface area contributed by atoms with Crippen molar-refractivity contribution >= 4 is 5.91 Å². The second-order valence-corrected chi connectivity index (χ2v) is 6.29. The van der Waals surface area contributed by atoms with Crippen molar-refractivity contribution in [3.05, 3.63) is 42.1 Å². The first-order valence-corrected chi connectivity index (χ1v) is 7.72. The number of nitrogens with one attached hydrogen (secondary N) is 1. The Bertz CT molecular complexity index is 721. The first-order valence-electron chi connectivity index (χ1n) is 7.72. The highest BCUT2D eigenvalue weighted by atomic mass is 19.1. The molecule has 3 rings (SSSR count). The summed E-state index contributed by atoms with van der Waals surface area (Å²) in [5, 5.41) is 3.08. The highest BCUT2D eigenvalue weighted by Crippen LogP contribution is 2.33. The van der Waals surface area contributed by atoms with Gasteiger partial charge in [-0.15, -0.1) is 0 Å². The Morgan fingerprint density at radius 2 is 2.00 bits per heavy atom. The maximum atomic E-state index is 13.1. The van der Waals surface area contributed by atoms with Gasteiger partial charge in [-0.3, -0.25) is 4.79 Å². The van der Waals surface area contributed by atoms with Gasteiger partial charge in [-0.25, -0.2) is 9.37 Å². The second-order valence-electron chi connectivity index (χ2n) is 6.29. The molecule has 0 spiro atoms. The molecule has 5 nitrogen and oxygen atoms in total. The number of aromatic nitrogens is 2. The van der Waals surface area contributed by atoms with E-state index in [2.05, 4.69) is 5.32 Å². The standard InChI is InChI=1S/C17H21FN4O/c1-17(2)16-20-14(12-4-6-13(18)7-5-12)10-21(16)11-15(23)22(17)9-8-19-3/h4-7,10,19H,8-9,11H2,1-3H3. The molecule has 0 aliphatic carbocycles. The molecule has 122 valence electrons. The van der Waals surface area contributed by atoms with E-state index in [0.717, 1.165) is 23.6 Å². The number of hydrogen-bond acceptors (Lipinski definition) is 3. The fraction of sp³-hybridized carbons (Fsp3) is 0.412. The third-order valence-corrected chi connectivity index (χ3v) is 4.33. The Labute approximate surface area is 135 Å². The Balaban J connectivity index is 1.98. The van der Waals surface area contributed by atoms with Gasteiger partial charge in [0.2, 0.25) is 5.91 Å². The molecule has 23 heavy (non-hydrogen) atoms. The molecule has 0 saturated carbocycles. The molecule has 1 aromatic heterocycles. The Kier molecular flexibility index (Phi) is 3.93. The highest BCUT2D eigenvalue weighted by molar-refractivity contribution is 5.78. The zero-order chi connectivity index (χ0) is 16.6. The normalized spacial score (nSPS) is 16.5. The number of halogens is 1. The molecule has 0 unspecified atom stereocenters. The first-order chi connectivity index (χ1) is 10.9. The van der Waals surface area contributed by atoms with Crippen molar-refractivity contribution in [3.63, 3.8) is 0 Å². The van der Waals surface area contributed by atoms with Gasteiger partial charge in [0.15, 0.2) is 0 Å². The molecule has 6 heteroatoms. The van der Waals surface area contributed by atoms with Crippen LogP contribution in [0.5, 0.6) is 0 Å². The van der Waals surface area contributed by atoms with E-state index in [1.54, 1.807) is 12.1 Å². The number of carbonyl (C=O) groups excluding carboxylic acids is 1. The summed E-state index contributed by atoms with van der Waals surface area (Å²) in [5.41, 5.74) is 1.12. The van der Waals surface area contributed by atoms with Crippen molar-refractivity contribution in [2.45, 2.75) is 25.9 Å². The van der Waals surface area contributed by atoms with E-state index in [1.807, 2.05) is 36.6 Å². The van der Waals surface area contributed by atoms with Crippen LogP contribution < -0.4 is 5.32 Å². The molecule has 1 aliphatic heterocycles. The van der Waals surface area contributed by atoms with Crippen LogP contribution in [0.15, 0.2) is 30.5 Å². The summed E-state index contributed by atoms with van der Waals surface area (Å²) in [6.45, 7) is 5.68. The monoisotopic (exact) mass is 316 g/mol. The van der Waals surface area contributed by atoms with Gasteiger partial charge in [0, 0.05) is 24.8 Å². The summed E-state index contributed by atoms with van der Waals surface area (Å²) in [7, 11) is 1.87. The van der Waals surface area contributed by atoms with Gasteiger partial charge in [0.05, 0.1) is 11.2 Å². The maximum absolute atomic E-state index is 13.1. The van der Waals surface area contributed by atoms with Gasteiger partial charge in [-0.1, -0.05) is 0 Å². The number of likely N-dealkylation sites (N-methyl/N-ethyl adjacent to an activating group) is 1. The first kappa shape index (κ1) is 15.7. The minimum atomic E-state index is -0.482. The summed E-state index contributed by atoms with van der Waals surface area (Å²) in [5.74, 6) is 0.666. The van der Waals surface area contributed by atoms with E-state index >= 15 is 0 Å². The van der Waals surface area contributed by atoms with Gasteiger partial charge in [0.1, 0.15) is 18.2 Å². The van der Waals surface area contributed by atoms with Crippen LogP contribution in [0.3, 0.4) is 0 Å². The quantitative estimate of drug-likeness (QED) is 0.938. The van der Waals surface area contributed by atoms with Crippen molar-refractivity contribution in [1.82, 2.24) is 19.8 Å². The van der Waals surface area contributed by atoms with E-state index in [9.17, 15) is 9.18 Å². The number of carbonyl (C=O) groups is 1. The topological polar surface area (TPSA) is 50.2 Å². The molecule has 0 radical (unpaired) electrons. The predicted molar refractivity (Wildman–Crippen MR) is 86.3 cm³/mol. The predicted octanol–water partition coefficient (Wildman–Crippen LogP) is 1.99. The third kappa shape index (κ3) is 2.74. The van der Waals surface area contributed by atoms with Crippen LogP contribution >= 0.6 is 0 Å². The van der Waals surface area contributed by atoms with Crippen LogP contribution in [-0.2, 0) is 16.9 Å². The van der Waals surface area contributed by atoms with E-state index < -0.39 is 5.54 Å². The molecule has 1 aliphatic rings. The van der Waals surface area contributed by atoms with Gasteiger partial charge in [-0.2, -0.15) is 0 Å². The minimum Gasteiger partial charge on any atom is -0.328 e. The van der Waals surface area contributed by atoms with Crippen molar-refractivity contribution in [1.29, 1.82) is 0 Å². The van der Waals surface area contributed by atoms with Crippen LogP contribution in [0.25, 0.3) is 11.3 Å². The minimum absolute atomic E-state index is 0.0841. The zero-order valence-electron chi connectivity index (χ0n) is 13.6. The van der Waals surface area contributed by atoms with Crippen LogP contribution in [0.2, 0.25) is 0 Å². The molecule has 2 aromatic rings. The van der Waals surface area contributed by atoms with Crippen molar-refractivity contribution in [2.24, 2.45) is 0 Å². The second kappa shape index (κ2) is 5.77. The summed E-state index contributed by atoms with van der Waals surface area (Å²) < 4.78 is 15.0. The largest absolute Gasteiger partial charge is 0.328 e. The molecule has 0 atom stereocenters. The SMILES string of the molecule is CNCCN1C(=O)Cn2cc(-c3ccc(F)cc3)nc2C1(C)C. The third-order valence-electron chi connectivity index (χ3n) is 4.33. The van der Waals surface area contributed by atoms with Gasteiger partial charge in [-0.05, 0) is 45.2 Å². The molecule has 1 N–H and O–H groups in total. The van der Waals surface area contributed by atoms with Gasteiger partial charge in [0.25, 0.3) is 0 Å². The maximum Gasteiger partial charge on any atom is 0.243 e. The average Bonchev–Trinajstić information content (AvgIpc) is 2.92. The molecule has 1 aromatic carbocycles. The van der Waals surface area contributed by atoms with Crippen LogP contribution in [0.1, 0.15) is 19.7 Å². The van der Waals surface area contributed by atoms with E-state index in [-0.39, 0.29) is 18.3 Å². The number of amides is 1. The van der Waals surface area contributed by atoms with Crippen molar-refractivity contribution < 1.29 is 9.18 Å². The number of benzene rings is 1. The number of nitrogens with zero attached hydrogens (tertiary/aromatic N) is 3. The number of rotatable bonds is 4. The van der Waals surface area contributed by atoms with Crippen LogP contribution in [0.4, 0.5) is 4.39 Å². The molecule has 0 fully saturated rings. The number of imidazole rings is 1. The van der Waals surface area contributed by atoms with E-state index in [1.165, 1.54) is 12.1 Å². The molecule has 1 amide bonds.